The van der Waals surface area contributed by atoms with Crippen LogP contribution in [-0.2, 0) is 0 Å². The summed E-state index contributed by atoms with van der Waals surface area (Å²) in [7, 11) is 3.09. The van der Waals surface area contributed by atoms with Crippen molar-refractivity contribution in [3.63, 3.8) is 0 Å². The van der Waals surface area contributed by atoms with Gasteiger partial charge in [-0.3, -0.25) is 0 Å². The van der Waals surface area contributed by atoms with E-state index in [2.05, 4.69) is 37.7 Å². The van der Waals surface area contributed by atoms with E-state index in [0.717, 1.165) is 11.1 Å². The summed E-state index contributed by atoms with van der Waals surface area (Å²) in [6, 6.07) is 10.7. The van der Waals surface area contributed by atoms with Gasteiger partial charge in [0.05, 0.1) is 26.6 Å². The Bertz CT molecular complexity index is 1250. The zero-order chi connectivity index (χ0) is 24.2. The molecule has 0 spiro atoms. The smallest absolute Gasteiger partial charge is 0.265 e. The molecule has 172 valence electrons. The van der Waals surface area contributed by atoms with Crippen molar-refractivity contribution in [1.82, 2.24) is 14.9 Å². The first kappa shape index (κ1) is 23.7. The van der Waals surface area contributed by atoms with Crippen LogP contribution in [0.1, 0.15) is 11.1 Å². The number of aromatic nitrogens is 3. The molecule has 1 heterocycles. The Kier molecular flexibility index (Phi) is 8.48. The number of nitrogens with one attached hydrogen (secondary N) is 1. The van der Waals surface area contributed by atoms with Crippen LogP contribution < -0.4 is 24.4 Å². The van der Waals surface area contributed by atoms with Crippen LogP contribution in [0.5, 0.6) is 23.0 Å². The van der Waals surface area contributed by atoms with E-state index in [1.54, 1.807) is 50.9 Å². The average Bonchev–Trinajstić information content (AvgIpc) is 3.32. The molecule has 0 unspecified atom stereocenters. The Morgan fingerprint density at radius 2 is 1.50 bits per heavy atom. The monoisotopic (exact) mass is 458 g/mol. The highest BCUT2D eigenvalue weighted by atomic mass is 16.5. The zero-order valence-corrected chi connectivity index (χ0v) is 18.6. The molecule has 0 aliphatic heterocycles. The first-order chi connectivity index (χ1) is 16.7. The van der Waals surface area contributed by atoms with E-state index >= 15 is 0 Å². The van der Waals surface area contributed by atoms with E-state index < -0.39 is 0 Å². The Morgan fingerprint density at radius 1 is 0.912 bits per heavy atom. The molecule has 0 fully saturated rings. The van der Waals surface area contributed by atoms with Crippen LogP contribution >= 0.6 is 0 Å². The Labute approximate surface area is 197 Å². The van der Waals surface area contributed by atoms with Gasteiger partial charge in [0, 0.05) is 0 Å². The van der Waals surface area contributed by atoms with Crippen molar-refractivity contribution in [2.24, 2.45) is 10.2 Å². The van der Waals surface area contributed by atoms with Crippen LogP contribution in [-0.4, -0.2) is 54.7 Å². The minimum absolute atomic E-state index is 0.149. The molecular weight excluding hydrogens is 436 g/mol. The molecule has 10 heteroatoms. The zero-order valence-electron chi connectivity index (χ0n) is 18.6. The SMILES string of the molecule is C#CCOc1ccc(C=NNc2nncn2N=Cc2ccc(OCC#C)c(OC)c2)cc1OC. The summed E-state index contributed by atoms with van der Waals surface area (Å²) in [6.07, 6.45) is 15.1. The van der Waals surface area contributed by atoms with Crippen molar-refractivity contribution in [1.29, 1.82) is 0 Å². The second-order valence-electron chi connectivity index (χ2n) is 6.42. The highest BCUT2D eigenvalue weighted by molar-refractivity contribution is 5.82. The van der Waals surface area contributed by atoms with Crippen LogP contribution in [0, 0.1) is 24.7 Å². The van der Waals surface area contributed by atoms with Crippen molar-refractivity contribution in [3.05, 3.63) is 53.9 Å². The maximum atomic E-state index is 5.44. The first-order valence-electron chi connectivity index (χ1n) is 9.90. The number of hydrazone groups is 1. The van der Waals surface area contributed by atoms with Crippen LogP contribution in [0.15, 0.2) is 52.9 Å². The molecule has 0 aliphatic rings. The number of rotatable bonds is 11. The second-order valence-corrected chi connectivity index (χ2v) is 6.42. The van der Waals surface area contributed by atoms with E-state index in [-0.39, 0.29) is 13.2 Å². The number of ether oxygens (including phenoxy) is 4. The summed E-state index contributed by atoms with van der Waals surface area (Å²) in [5, 5.41) is 16.4. The Balaban J connectivity index is 1.67. The van der Waals surface area contributed by atoms with E-state index in [1.165, 1.54) is 11.0 Å². The van der Waals surface area contributed by atoms with E-state index in [0.29, 0.717) is 28.9 Å². The molecule has 0 saturated heterocycles. The summed E-state index contributed by atoms with van der Waals surface area (Å²) in [5.41, 5.74) is 4.34. The maximum absolute atomic E-state index is 5.44. The molecule has 0 radical (unpaired) electrons. The molecule has 0 atom stereocenters. The van der Waals surface area contributed by atoms with Gasteiger partial charge in [0.2, 0.25) is 0 Å². The maximum Gasteiger partial charge on any atom is 0.265 e. The number of methoxy groups -OCH3 is 2. The number of terminal acetylenes is 2. The van der Waals surface area contributed by atoms with Gasteiger partial charge in [0.1, 0.15) is 19.5 Å². The lowest BCUT2D eigenvalue weighted by Gasteiger charge is -2.09. The fourth-order valence-corrected chi connectivity index (χ4v) is 2.69. The fraction of sp³-hybridized carbons (Fsp3) is 0.167. The van der Waals surface area contributed by atoms with E-state index in [4.69, 9.17) is 31.8 Å². The van der Waals surface area contributed by atoms with Gasteiger partial charge in [0.25, 0.3) is 5.95 Å². The van der Waals surface area contributed by atoms with E-state index in [1.807, 2.05) is 12.1 Å². The molecule has 3 rings (SSSR count). The van der Waals surface area contributed by atoms with Crippen molar-refractivity contribution in [2.75, 3.05) is 32.9 Å². The summed E-state index contributed by atoms with van der Waals surface area (Å²) in [6.45, 7) is 0.300. The number of hydrogen-bond acceptors (Lipinski definition) is 9. The van der Waals surface area contributed by atoms with Crippen molar-refractivity contribution in [2.45, 2.75) is 0 Å². The van der Waals surface area contributed by atoms with Crippen LogP contribution in [0.2, 0.25) is 0 Å². The third-order valence-corrected chi connectivity index (χ3v) is 4.24. The molecule has 2 aromatic carbocycles. The predicted octanol–water partition coefficient (Wildman–Crippen LogP) is 2.65. The van der Waals surface area contributed by atoms with Gasteiger partial charge in [-0.1, -0.05) is 11.8 Å². The van der Waals surface area contributed by atoms with Gasteiger partial charge in [-0.15, -0.1) is 23.0 Å². The summed E-state index contributed by atoms with van der Waals surface area (Å²) in [5.74, 6) is 7.32. The van der Waals surface area contributed by atoms with Crippen molar-refractivity contribution < 1.29 is 18.9 Å². The molecule has 34 heavy (non-hydrogen) atoms. The summed E-state index contributed by atoms with van der Waals surface area (Å²) >= 11 is 0. The summed E-state index contributed by atoms with van der Waals surface area (Å²) in [4.78, 5) is 0. The highest BCUT2D eigenvalue weighted by Gasteiger charge is 2.06. The van der Waals surface area contributed by atoms with Gasteiger partial charge in [-0.25, -0.2) is 5.43 Å². The quantitative estimate of drug-likeness (QED) is 0.268. The standard InChI is InChI=1S/C24H22N6O4/c1-5-11-33-20-9-7-18(13-22(20)31-3)15-25-28-24-29-26-17-30(24)27-16-19-8-10-21(34-12-6-2)23(14-19)32-4/h1-2,7-10,13-17H,11-12H2,3-4H3,(H,28,29). The van der Waals surface area contributed by atoms with Gasteiger partial charge in [0.15, 0.2) is 23.0 Å². The minimum atomic E-state index is 0.149. The lowest BCUT2D eigenvalue weighted by molar-refractivity contribution is 0.331. The average molecular weight is 458 g/mol. The Hall–Kier alpha value is -4.96. The molecule has 0 amide bonds. The first-order valence-corrected chi connectivity index (χ1v) is 9.90. The van der Waals surface area contributed by atoms with Gasteiger partial charge < -0.3 is 18.9 Å². The van der Waals surface area contributed by atoms with Gasteiger partial charge in [-0.05, 0) is 47.5 Å². The summed E-state index contributed by atoms with van der Waals surface area (Å²) < 4.78 is 23.0. The third-order valence-electron chi connectivity index (χ3n) is 4.24. The second kappa shape index (κ2) is 12.2. The third kappa shape index (κ3) is 6.28. The van der Waals surface area contributed by atoms with Crippen molar-refractivity contribution >= 4 is 18.4 Å². The highest BCUT2D eigenvalue weighted by Crippen LogP contribution is 2.28. The predicted molar refractivity (Wildman–Crippen MR) is 129 cm³/mol. The fourth-order valence-electron chi connectivity index (χ4n) is 2.69. The number of hydrogen-bond donors (Lipinski definition) is 1. The van der Waals surface area contributed by atoms with Gasteiger partial charge in [-0.2, -0.15) is 14.9 Å². The largest absolute Gasteiger partial charge is 0.493 e. The molecular formula is C24H22N6O4. The molecule has 3 aromatic rings. The Morgan fingerprint density at radius 3 is 2.06 bits per heavy atom. The van der Waals surface area contributed by atoms with Crippen LogP contribution in [0.3, 0.4) is 0 Å². The molecule has 0 bridgehead atoms. The molecule has 1 N–H and O–H groups in total. The van der Waals surface area contributed by atoms with Gasteiger partial charge >= 0.3 is 0 Å². The van der Waals surface area contributed by atoms with Crippen LogP contribution in [0.25, 0.3) is 0 Å². The molecule has 1 aromatic heterocycles. The number of anilines is 1. The molecule has 0 saturated carbocycles. The van der Waals surface area contributed by atoms with Crippen LogP contribution in [0.4, 0.5) is 5.95 Å². The minimum Gasteiger partial charge on any atom is -0.493 e. The molecule has 0 aliphatic carbocycles. The lowest BCUT2D eigenvalue weighted by atomic mass is 10.2. The normalized spacial score (nSPS) is 10.6. The molecule has 10 nitrogen and oxygen atoms in total. The topological polar surface area (TPSA) is 104 Å². The number of benzene rings is 2. The number of nitrogens with zero attached hydrogens (tertiary/aromatic N) is 5. The van der Waals surface area contributed by atoms with E-state index in [9.17, 15) is 0 Å². The lowest BCUT2D eigenvalue weighted by Crippen LogP contribution is -2.00. The van der Waals surface area contributed by atoms with Crippen molar-refractivity contribution in [3.8, 4) is 47.7 Å².